The fourth-order valence-electron chi connectivity index (χ4n) is 9.32. The molecule has 0 unspecified atom stereocenters. The maximum Gasteiger partial charge on any atom is 0.0774 e. The fourth-order valence-corrected chi connectivity index (χ4v) is 13.5. The molecule has 0 spiro atoms. The summed E-state index contributed by atoms with van der Waals surface area (Å²) in [5.74, 6) is 9.55. The Labute approximate surface area is 430 Å². The van der Waals surface area contributed by atoms with Crippen molar-refractivity contribution in [1.29, 1.82) is 0 Å². The molecule has 0 saturated carbocycles. The molecule has 69 heavy (non-hydrogen) atoms. The van der Waals surface area contributed by atoms with Crippen LogP contribution in [0.4, 0.5) is 0 Å². The van der Waals surface area contributed by atoms with Gasteiger partial charge in [-0.2, -0.15) is 0 Å². The van der Waals surface area contributed by atoms with Crippen LogP contribution in [-0.2, 0) is 26.5 Å². The van der Waals surface area contributed by atoms with Crippen LogP contribution in [0.25, 0.3) is 82.8 Å². The van der Waals surface area contributed by atoms with E-state index in [0.29, 0.717) is 17.8 Å². The molecule has 1 radical (unpaired) electrons. The number of pyridine rings is 1. The zero-order chi connectivity index (χ0) is 47.5. The van der Waals surface area contributed by atoms with Gasteiger partial charge in [0.15, 0.2) is 0 Å². The Kier molecular flexibility index (Phi) is 15.5. The Bertz CT molecular complexity index is 3280. The Hall–Kier alpha value is -5.69. The van der Waals surface area contributed by atoms with E-state index in [9.17, 15) is 0 Å². The van der Waals surface area contributed by atoms with Gasteiger partial charge in [-0.3, -0.25) is 16.3 Å². The molecule has 0 aliphatic carbocycles. The minimum atomic E-state index is -1.86. The van der Waals surface area contributed by atoms with Crippen LogP contribution in [-0.4, -0.2) is 27.8 Å². The smallest absolute Gasteiger partial charge is 0.0774 e. The van der Waals surface area contributed by atoms with Crippen molar-refractivity contribution in [2.24, 2.45) is 5.92 Å². The van der Waals surface area contributed by atoms with Crippen molar-refractivity contribution < 1.29 is 20.1 Å². The van der Waals surface area contributed by atoms with Crippen molar-refractivity contribution in [3.05, 3.63) is 204 Å². The van der Waals surface area contributed by atoms with E-state index in [-0.39, 0.29) is 20.1 Å². The van der Waals surface area contributed by atoms with E-state index in [0.717, 1.165) is 40.1 Å². The molecule has 0 atom stereocenters. The molecule has 0 aliphatic rings. The molecule has 3 aromatic heterocycles. The average Bonchev–Trinajstić information content (AvgIpc) is 3.95. The van der Waals surface area contributed by atoms with Gasteiger partial charge in [0.2, 0.25) is 0 Å². The number of hydrogen-bond donors (Lipinski definition) is 0. The van der Waals surface area contributed by atoms with Crippen LogP contribution in [0.15, 0.2) is 176 Å². The summed E-state index contributed by atoms with van der Waals surface area (Å²) in [6, 6.07) is 64.0. The third-order valence-electron chi connectivity index (χ3n) is 12.8. The molecule has 6 heteroatoms. The predicted octanol–water partition coefficient (Wildman–Crippen LogP) is 17.2. The van der Waals surface area contributed by atoms with E-state index in [1.807, 2.05) is 18.2 Å². The van der Waals surface area contributed by atoms with Gasteiger partial charge < -0.3 is 4.57 Å². The fraction of sp³-hybridized carbons (Fsp3) is 0.206. The van der Waals surface area contributed by atoms with Crippen molar-refractivity contribution in [1.82, 2.24) is 14.5 Å². The van der Waals surface area contributed by atoms with Gasteiger partial charge in [-0.05, 0) is 80.6 Å². The second-order valence-corrected chi connectivity index (χ2v) is 31.4. The molecule has 3 heterocycles. The number of fused-ring (bicyclic) bond motifs is 2. The second kappa shape index (κ2) is 21.5. The molecule has 0 N–H and O–H groups in total. The summed E-state index contributed by atoms with van der Waals surface area (Å²) in [5, 5.41) is 4.88. The van der Waals surface area contributed by atoms with Crippen LogP contribution in [0, 0.1) is 17.4 Å². The van der Waals surface area contributed by atoms with Crippen LogP contribution in [0.3, 0.4) is 0 Å². The maximum absolute atomic E-state index is 5.35. The molecular weight excluding hydrogens is 1100 g/mol. The van der Waals surface area contributed by atoms with Crippen LogP contribution >= 0.6 is 11.3 Å². The molecule has 10 aromatic rings. The van der Waals surface area contributed by atoms with E-state index in [2.05, 4.69) is 233 Å². The van der Waals surface area contributed by atoms with Gasteiger partial charge in [0, 0.05) is 25.8 Å². The number of nitrogens with zero attached hydrogens (tertiary/aromatic N) is 3. The van der Waals surface area contributed by atoms with Gasteiger partial charge in [0.1, 0.15) is 0 Å². The zero-order valence-electron chi connectivity index (χ0n) is 41.3. The van der Waals surface area contributed by atoms with E-state index < -0.39 is 13.3 Å². The van der Waals surface area contributed by atoms with Crippen LogP contribution in [0.1, 0.15) is 70.1 Å². The first-order chi connectivity index (χ1) is 32.8. The van der Waals surface area contributed by atoms with Gasteiger partial charge in [-0.25, -0.2) is 0 Å². The van der Waals surface area contributed by atoms with E-state index in [1.54, 1.807) is 15.7 Å². The zero-order valence-corrected chi connectivity index (χ0v) is 46.6. The van der Waals surface area contributed by atoms with Crippen molar-refractivity contribution in [3.8, 4) is 61.7 Å². The SMILES string of the molecule is CC(C)Cc1cc(-c2[c-]cccc2)nc[c]1[Ge]([CH3])([CH3])[CH3].CC(C)c1cc(-c2ccccc2)cc(C(C)C)c1-n1c(-c2[c-]sc3ccc(-c4ccc(-c5ccccc5)cc4)cc23)nc2ccccc21.[Ir]. The molecule has 0 saturated heterocycles. The van der Waals surface area contributed by atoms with Gasteiger partial charge in [0.05, 0.1) is 16.9 Å². The first kappa shape index (κ1) is 49.7. The number of imidazole rings is 1. The second-order valence-electron chi connectivity index (χ2n) is 20.0. The van der Waals surface area contributed by atoms with Crippen molar-refractivity contribution >= 4 is 50.1 Å². The molecule has 349 valence electrons. The third-order valence-corrected chi connectivity index (χ3v) is 18.0. The molecule has 10 rings (SSSR count). The number of thiophene rings is 1. The maximum atomic E-state index is 5.35. The molecule has 0 fully saturated rings. The topological polar surface area (TPSA) is 30.7 Å². The molecule has 0 bridgehead atoms. The van der Waals surface area contributed by atoms with Crippen LogP contribution < -0.4 is 4.40 Å². The standard InChI is InChI=1S/C45H37N2S.C18H24GeN.Ir/c1-29(2)37-26-36(32-15-9-6-10-16-32)27-38(30(3)4)44(37)47-42-18-12-11-17-41(42)46-45(47)40-28-48-43-24-23-35(25-39(40)43)34-21-19-33(20-22-34)31-13-7-5-8-14-31;1-14(2)11-16-12-18(15-9-7-6-8-10-15)20-13-17(16)19(3,4)5;/h5-27,29-30H,1-4H3;6-9,12-14H,11H2,1-5H3;/q2*-1;. The van der Waals surface area contributed by atoms with Gasteiger partial charge in [-0.1, -0.05) is 159 Å². The third kappa shape index (κ3) is 10.9. The minimum absolute atomic E-state index is 0. The Balaban J connectivity index is 0.000000257. The molecule has 0 amide bonds. The number of rotatable bonds is 11. The van der Waals surface area contributed by atoms with E-state index in [4.69, 9.17) is 9.97 Å². The quantitative estimate of drug-likeness (QED) is 0.0954. The van der Waals surface area contributed by atoms with Crippen LogP contribution in [0.5, 0.6) is 0 Å². The molecular formula is C63H61GeIrN3S-2. The summed E-state index contributed by atoms with van der Waals surface area (Å²) in [6.07, 6.45) is 3.27. The van der Waals surface area contributed by atoms with Crippen molar-refractivity contribution in [2.75, 3.05) is 0 Å². The van der Waals surface area contributed by atoms with Crippen molar-refractivity contribution in [3.63, 3.8) is 0 Å². The van der Waals surface area contributed by atoms with E-state index >= 15 is 0 Å². The minimum Gasteiger partial charge on any atom is -0.333 e. The van der Waals surface area contributed by atoms with Gasteiger partial charge >= 0.3 is 126 Å². The summed E-state index contributed by atoms with van der Waals surface area (Å²) in [7, 11) is 0. The summed E-state index contributed by atoms with van der Waals surface area (Å²) in [5.41, 5.74) is 18.0. The number of benzene rings is 7. The predicted molar refractivity (Wildman–Crippen MR) is 295 cm³/mol. The Morgan fingerprint density at radius 3 is 1.75 bits per heavy atom. The summed E-state index contributed by atoms with van der Waals surface area (Å²) < 4.78 is 5.17. The van der Waals surface area contributed by atoms with Gasteiger partial charge in [0.25, 0.3) is 0 Å². The Morgan fingerprint density at radius 1 is 0.594 bits per heavy atom. The number of para-hydroxylation sites is 2. The van der Waals surface area contributed by atoms with Gasteiger partial charge in [-0.15, -0.1) is 5.39 Å². The first-order valence-corrected chi connectivity index (χ1v) is 32.3. The van der Waals surface area contributed by atoms with Crippen LogP contribution in [0.2, 0.25) is 17.3 Å². The van der Waals surface area contributed by atoms with Crippen molar-refractivity contribution in [2.45, 2.75) is 77.1 Å². The summed E-state index contributed by atoms with van der Waals surface area (Å²) in [6.45, 7) is 13.8. The summed E-state index contributed by atoms with van der Waals surface area (Å²) in [4.78, 5) is 10.0. The largest absolute Gasteiger partial charge is 0.333 e. The summed E-state index contributed by atoms with van der Waals surface area (Å²) >= 11 is -0.189. The van der Waals surface area contributed by atoms with E-state index in [1.165, 1.54) is 65.8 Å². The number of hydrogen-bond acceptors (Lipinski definition) is 3. The Morgan fingerprint density at radius 2 is 1.16 bits per heavy atom. The molecule has 7 aromatic carbocycles. The normalized spacial score (nSPS) is 11.6. The first-order valence-electron chi connectivity index (χ1n) is 24.1. The monoisotopic (exact) mass is 1160 g/mol. The number of aromatic nitrogens is 3. The average molecular weight is 1160 g/mol. The molecule has 3 nitrogen and oxygen atoms in total. The molecule has 0 aliphatic heterocycles.